The molecule has 4 nitrogen and oxygen atoms in total. The molecule has 1 aromatic rings. The van der Waals surface area contributed by atoms with Crippen molar-refractivity contribution >= 4 is 16.2 Å². The highest BCUT2D eigenvalue weighted by atomic mass is 32.3. The van der Waals surface area contributed by atoms with Crippen molar-refractivity contribution in [1.29, 1.82) is 0 Å². The van der Waals surface area contributed by atoms with Gasteiger partial charge in [-0.25, -0.2) is 0 Å². The van der Waals surface area contributed by atoms with Crippen molar-refractivity contribution in [3.63, 3.8) is 0 Å². The molecule has 96 valence electrons. The first-order valence-electron chi connectivity index (χ1n) is 5.12. The predicted octanol–water partition coefficient (Wildman–Crippen LogP) is 1.65. The van der Waals surface area contributed by atoms with Crippen molar-refractivity contribution in [2.75, 3.05) is 6.61 Å². The molecular weight excluding hydrogens is 259 g/mol. The number of ether oxygens (including phenoxy) is 1. The van der Waals surface area contributed by atoms with Crippen LogP contribution in [0.5, 0.6) is 0 Å². The average Bonchev–Trinajstić information content (AvgIpc) is 2.29. The summed E-state index contributed by atoms with van der Waals surface area (Å²) < 4.78 is 38.4. The predicted molar refractivity (Wildman–Crippen MR) is 62.9 cm³/mol. The maximum absolute atomic E-state index is 12.6. The Hall–Kier alpha value is -1.87. The number of hydrogen-bond donors (Lipinski definition) is 0. The Balaban J connectivity index is 2.71. The molecule has 0 aliphatic carbocycles. The van der Waals surface area contributed by atoms with Crippen LogP contribution in [0.4, 0.5) is 3.89 Å². The lowest BCUT2D eigenvalue weighted by atomic mass is 10.2. The number of hydrogen-bond acceptors (Lipinski definition) is 4. The molecule has 0 heterocycles. The van der Waals surface area contributed by atoms with Crippen molar-refractivity contribution in [1.82, 2.24) is 0 Å². The monoisotopic (exact) mass is 270 g/mol. The van der Waals surface area contributed by atoms with Gasteiger partial charge in [-0.05, 0) is 31.2 Å². The molecule has 0 atom stereocenters. The van der Waals surface area contributed by atoms with Gasteiger partial charge in [0.1, 0.15) is 6.42 Å². The fourth-order valence-corrected chi connectivity index (χ4v) is 1.59. The Morgan fingerprint density at radius 2 is 1.94 bits per heavy atom. The van der Waals surface area contributed by atoms with E-state index in [4.69, 9.17) is 0 Å². The summed E-state index contributed by atoms with van der Waals surface area (Å²) in [7, 11) is -4.68. The Morgan fingerprint density at radius 3 is 2.44 bits per heavy atom. The minimum atomic E-state index is -4.68. The fourth-order valence-electron chi connectivity index (χ4n) is 1.13. The van der Waals surface area contributed by atoms with Gasteiger partial charge in [0.05, 0.1) is 11.5 Å². The van der Waals surface area contributed by atoms with Gasteiger partial charge in [-0.2, -0.15) is 8.42 Å². The second-order valence-corrected chi connectivity index (χ2v) is 4.59. The first-order chi connectivity index (χ1) is 8.43. The maximum Gasteiger partial charge on any atom is 0.332 e. The van der Waals surface area contributed by atoms with Gasteiger partial charge < -0.3 is 4.74 Å². The van der Waals surface area contributed by atoms with E-state index in [2.05, 4.69) is 16.6 Å². The number of carbonyl (C=O) groups excluding carboxylic acids is 1. The molecule has 0 unspecified atom stereocenters. The van der Waals surface area contributed by atoms with E-state index in [-0.39, 0.29) is 6.42 Å². The van der Waals surface area contributed by atoms with Crippen LogP contribution in [0.3, 0.4) is 0 Å². The van der Waals surface area contributed by atoms with E-state index in [0.29, 0.717) is 12.2 Å². The van der Waals surface area contributed by atoms with E-state index in [1.807, 2.05) is 0 Å². The highest BCUT2D eigenvalue weighted by Crippen LogP contribution is 2.12. The first kappa shape index (κ1) is 14.2. The Kier molecular flexibility index (Phi) is 4.86. The summed E-state index contributed by atoms with van der Waals surface area (Å²) in [4.78, 5) is 10.5. The molecule has 0 saturated heterocycles. The van der Waals surface area contributed by atoms with E-state index in [1.165, 1.54) is 12.1 Å². The number of benzene rings is 1. The van der Waals surface area contributed by atoms with Crippen LogP contribution in [-0.4, -0.2) is 21.0 Å². The topological polar surface area (TPSA) is 60.4 Å². The zero-order valence-corrected chi connectivity index (χ0v) is 10.5. The molecule has 1 aromatic carbocycles. The quantitative estimate of drug-likeness (QED) is 0.476. The molecule has 6 heteroatoms. The van der Waals surface area contributed by atoms with Gasteiger partial charge in [-0.1, -0.05) is 11.8 Å². The van der Waals surface area contributed by atoms with Crippen LogP contribution >= 0.6 is 0 Å². The largest absolute Gasteiger partial charge is 0.465 e. The lowest BCUT2D eigenvalue weighted by Gasteiger charge is -1.95. The molecule has 1 rings (SSSR count). The fraction of sp³-hybridized carbons (Fsp3) is 0.250. The van der Waals surface area contributed by atoms with Gasteiger partial charge in [0.2, 0.25) is 0 Å². The van der Waals surface area contributed by atoms with E-state index in [1.54, 1.807) is 6.92 Å². The molecule has 0 bridgehead atoms. The molecule has 0 amide bonds. The molecule has 0 fully saturated rings. The average molecular weight is 270 g/mol. The third-order valence-corrected chi connectivity index (χ3v) is 2.74. The van der Waals surface area contributed by atoms with E-state index in [0.717, 1.165) is 12.1 Å². The van der Waals surface area contributed by atoms with Gasteiger partial charge in [0, 0.05) is 5.56 Å². The van der Waals surface area contributed by atoms with Crippen molar-refractivity contribution in [2.45, 2.75) is 18.2 Å². The van der Waals surface area contributed by atoms with Crippen molar-refractivity contribution in [2.24, 2.45) is 0 Å². The molecule has 0 radical (unpaired) electrons. The van der Waals surface area contributed by atoms with Gasteiger partial charge in [-0.3, -0.25) is 4.79 Å². The van der Waals surface area contributed by atoms with Crippen molar-refractivity contribution < 1.29 is 21.8 Å². The minimum absolute atomic E-state index is 0.0446. The summed E-state index contributed by atoms with van der Waals surface area (Å²) in [5, 5.41) is 0. The number of esters is 1. The van der Waals surface area contributed by atoms with E-state index >= 15 is 0 Å². The normalized spacial score (nSPS) is 10.3. The first-order valence-corrected chi connectivity index (χ1v) is 6.51. The van der Waals surface area contributed by atoms with Crippen LogP contribution < -0.4 is 0 Å². The third-order valence-electron chi connectivity index (χ3n) is 1.91. The molecular formula is C12H11FO4S. The molecule has 0 aliphatic heterocycles. The zero-order valence-electron chi connectivity index (χ0n) is 9.64. The molecule has 0 aliphatic rings. The molecule has 18 heavy (non-hydrogen) atoms. The molecule has 0 N–H and O–H groups in total. The SMILES string of the molecule is CCOC(=O)CC#Cc1ccc(S(=O)(=O)F)cc1. The molecule has 0 spiro atoms. The van der Waals surface area contributed by atoms with Gasteiger partial charge in [0.15, 0.2) is 0 Å². The van der Waals surface area contributed by atoms with Crippen LogP contribution in [0.15, 0.2) is 29.2 Å². The summed E-state index contributed by atoms with van der Waals surface area (Å²) in [6, 6.07) is 4.96. The minimum Gasteiger partial charge on any atom is -0.465 e. The smallest absolute Gasteiger partial charge is 0.332 e. The number of rotatable bonds is 3. The Morgan fingerprint density at radius 1 is 1.33 bits per heavy atom. The van der Waals surface area contributed by atoms with Crippen LogP contribution in [0.2, 0.25) is 0 Å². The summed E-state index contributed by atoms with van der Waals surface area (Å²) >= 11 is 0. The van der Waals surface area contributed by atoms with Crippen LogP contribution in [0, 0.1) is 11.8 Å². The summed E-state index contributed by atoms with van der Waals surface area (Å²) in [6.07, 6.45) is -0.0446. The lowest BCUT2D eigenvalue weighted by Crippen LogP contribution is -2.01. The Bertz CT molecular complexity index is 579. The van der Waals surface area contributed by atoms with E-state index < -0.39 is 21.1 Å². The zero-order chi connectivity index (χ0) is 13.6. The van der Waals surface area contributed by atoms with Crippen LogP contribution in [0.25, 0.3) is 0 Å². The summed E-state index contributed by atoms with van der Waals surface area (Å²) in [5.74, 6) is 4.80. The van der Waals surface area contributed by atoms with Crippen LogP contribution in [0.1, 0.15) is 18.9 Å². The van der Waals surface area contributed by atoms with Crippen LogP contribution in [-0.2, 0) is 19.8 Å². The number of halogens is 1. The van der Waals surface area contributed by atoms with E-state index in [9.17, 15) is 17.1 Å². The third kappa shape index (κ3) is 4.55. The van der Waals surface area contributed by atoms with Crippen molar-refractivity contribution in [3.8, 4) is 11.8 Å². The maximum atomic E-state index is 12.6. The Labute approximate surface area is 105 Å². The molecule has 0 saturated carbocycles. The summed E-state index contributed by atoms with van der Waals surface area (Å²) in [5.41, 5.74) is 0.492. The summed E-state index contributed by atoms with van der Waals surface area (Å²) in [6.45, 7) is 1.99. The van der Waals surface area contributed by atoms with Gasteiger partial charge in [-0.15, -0.1) is 3.89 Å². The standard InChI is InChI=1S/C12H11FO4S/c1-2-17-12(14)5-3-4-10-6-8-11(9-7-10)18(13,15)16/h6-9H,2,5H2,1H3. The highest BCUT2D eigenvalue weighted by molar-refractivity contribution is 7.86. The second kappa shape index (κ2) is 6.17. The number of carbonyl (C=O) groups is 1. The molecule has 0 aromatic heterocycles. The highest BCUT2D eigenvalue weighted by Gasteiger charge is 2.10. The second-order valence-electron chi connectivity index (χ2n) is 3.25. The van der Waals surface area contributed by atoms with Gasteiger partial charge >= 0.3 is 16.2 Å². The van der Waals surface area contributed by atoms with Gasteiger partial charge in [0.25, 0.3) is 0 Å². The lowest BCUT2D eigenvalue weighted by molar-refractivity contribution is -0.141. The van der Waals surface area contributed by atoms with Crippen molar-refractivity contribution in [3.05, 3.63) is 29.8 Å².